The van der Waals surface area contributed by atoms with E-state index < -0.39 is 0 Å². The van der Waals surface area contributed by atoms with E-state index in [1.165, 1.54) is 0 Å². The summed E-state index contributed by atoms with van der Waals surface area (Å²) in [6.07, 6.45) is 3.61. The summed E-state index contributed by atoms with van der Waals surface area (Å²) in [5.41, 5.74) is 0. The molecule has 12 heavy (non-hydrogen) atoms. The van der Waals surface area contributed by atoms with Crippen LogP contribution in [0.15, 0.2) is 12.7 Å². The minimum Gasteiger partial charge on any atom is -0.299 e. The zero-order chi connectivity index (χ0) is 8.97. The number of carbonyl (C=O) groups is 1. The Labute approximate surface area is 74.2 Å². The van der Waals surface area contributed by atoms with Crippen molar-refractivity contribution in [3.63, 3.8) is 0 Å². The predicted molar refractivity (Wildman–Crippen MR) is 50.0 cm³/mol. The van der Waals surface area contributed by atoms with Gasteiger partial charge in [0, 0.05) is 32.0 Å². The number of carbonyl (C=O) groups excluding carboxylic acids is 1. The summed E-state index contributed by atoms with van der Waals surface area (Å²) in [6, 6.07) is 0. The highest BCUT2D eigenvalue weighted by Gasteiger charge is 2.24. The largest absolute Gasteiger partial charge is 0.299 e. The van der Waals surface area contributed by atoms with E-state index in [1.54, 1.807) is 0 Å². The molecule has 1 rings (SSSR count). The molecule has 0 bridgehead atoms. The first-order chi connectivity index (χ1) is 5.77. The summed E-state index contributed by atoms with van der Waals surface area (Å²) >= 11 is 0. The molecule has 0 aromatic rings. The maximum absolute atomic E-state index is 11.3. The highest BCUT2D eigenvalue weighted by Crippen LogP contribution is 2.15. The number of piperidine rings is 1. The molecule has 1 unspecified atom stereocenters. The SMILES string of the molecule is C=CCN1CCC(=O)C(CC)C1. The van der Waals surface area contributed by atoms with Crippen LogP contribution in [0.5, 0.6) is 0 Å². The third-order valence-corrected chi connectivity index (χ3v) is 2.49. The Morgan fingerprint density at radius 3 is 3.08 bits per heavy atom. The summed E-state index contributed by atoms with van der Waals surface area (Å²) in [4.78, 5) is 13.6. The predicted octanol–water partition coefficient (Wildman–Crippen LogP) is 1.47. The molecule has 0 aromatic carbocycles. The monoisotopic (exact) mass is 167 g/mol. The van der Waals surface area contributed by atoms with Crippen LogP contribution in [-0.4, -0.2) is 30.3 Å². The van der Waals surface area contributed by atoms with Crippen LogP contribution in [-0.2, 0) is 4.79 Å². The molecular formula is C10H17NO. The van der Waals surface area contributed by atoms with Gasteiger partial charge < -0.3 is 0 Å². The number of Topliss-reactive ketones (excluding diaryl/α,β-unsaturated/α-hetero) is 1. The van der Waals surface area contributed by atoms with Gasteiger partial charge in [-0.1, -0.05) is 13.0 Å². The molecule has 0 radical (unpaired) electrons. The van der Waals surface area contributed by atoms with E-state index in [0.29, 0.717) is 5.78 Å². The quantitative estimate of drug-likeness (QED) is 0.593. The molecule has 1 fully saturated rings. The highest BCUT2D eigenvalue weighted by molar-refractivity contribution is 5.82. The Kier molecular flexibility index (Phi) is 3.48. The maximum atomic E-state index is 11.3. The molecule has 0 N–H and O–H groups in total. The standard InChI is InChI=1S/C10H17NO/c1-3-6-11-7-5-10(12)9(4-2)8-11/h3,9H,1,4-8H2,2H3. The Bertz CT molecular complexity index is 177. The Balaban J connectivity index is 2.43. The molecule has 2 nitrogen and oxygen atoms in total. The van der Waals surface area contributed by atoms with Gasteiger partial charge >= 0.3 is 0 Å². The molecule has 1 aliphatic heterocycles. The molecule has 2 heteroatoms. The number of ketones is 1. The van der Waals surface area contributed by atoms with E-state index in [2.05, 4.69) is 18.4 Å². The summed E-state index contributed by atoms with van der Waals surface area (Å²) in [5.74, 6) is 0.719. The normalized spacial score (nSPS) is 25.8. The van der Waals surface area contributed by atoms with E-state index in [1.807, 2.05) is 6.08 Å². The van der Waals surface area contributed by atoms with Gasteiger partial charge in [0.2, 0.25) is 0 Å². The van der Waals surface area contributed by atoms with E-state index in [9.17, 15) is 4.79 Å². The molecule has 1 atom stereocenters. The fourth-order valence-electron chi connectivity index (χ4n) is 1.68. The first-order valence-corrected chi connectivity index (χ1v) is 4.64. The molecule has 0 aliphatic carbocycles. The van der Waals surface area contributed by atoms with E-state index in [4.69, 9.17) is 0 Å². The number of hydrogen-bond donors (Lipinski definition) is 0. The van der Waals surface area contributed by atoms with Gasteiger partial charge in [0.25, 0.3) is 0 Å². The van der Waals surface area contributed by atoms with Crippen molar-refractivity contribution in [2.75, 3.05) is 19.6 Å². The van der Waals surface area contributed by atoms with Gasteiger partial charge in [-0.3, -0.25) is 9.69 Å². The van der Waals surface area contributed by atoms with Gasteiger partial charge in [0.1, 0.15) is 5.78 Å². The van der Waals surface area contributed by atoms with Crippen molar-refractivity contribution in [2.45, 2.75) is 19.8 Å². The van der Waals surface area contributed by atoms with Crippen LogP contribution < -0.4 is 0 Å². The second-order valence-electron chi connectivity index (χ2n) is 3.37. The summed E-state index contributed by atoms with van der Waals surface area (Å²) < 4.78 is 0. The number of likely N-dealkylation sites (tertiary alicyclic amines) is 1. The van der Waals surface area contributed by atoms with Gasteiger partial charge in [-0.05, 0) is 6.42 Å². The average molecular weight is 167 g/mol. The first kappa shape index (κ1) is 9.46. The van der Waals surface area contributed by atoms with Crippen LogP contribution in [0.4, 0.5) is 0 Å². The van der Waals surface area contributed by atoms with Crippen molar-refractivity contribution in [3.05, 3.63) is 12.7 Å². The lowest BCUT2D eigenvalue weighted by molar-refractivity contribution is -0.126. The van der Waals surface area contributed by atoms with Crippen LogP contribution in [0.2, 0.25) is 0 Å². The zero-order valence-corrected chi connectivity index (χ0v) is 7.75. The lowest BCUT2D eigenvalue weighted by Gasteiger charge is -2.30. The summed E-state index contributed by atoms with van der Waals surface area (Å²) in [5, 5.41) is 0. The van der Waals surface area contributed by atoms with Gasteiger partial charge in [-0.15, -0.1) is 6.58 Å². The van der Waals surface area contributed by atoms with E-state index >= 15 is 0 Å². The summed E-state index contributed by atoms with van der Waals surface area (Å²) in [6.45, 7) is 8.55. The van der Waals surface area contributed by atoms with Crippen molar-refractivity contribution in [1.82, 2.24) is 4.90 Å². The minimum atomic E-state index is 0.277. The highest BCUT2D eigenvalue weighted by atomic mass is 16.1. The number of hydrogen-bond acceptors (Lipinski definition) is 2. The minimum absolute atomic E-state index is 0.277. The fourth-order valence-corrected chi connectivity index (χ4v) is 1.68. The van der Waals surface area contributed by atoms with Crippen LogP contribution in [0.25, 0.3) is 0 Å². The lowest BCUT2D eigenvalue weighted by atomic mass is 9.94. The number of nitrogens with zero attached hydrogens (tertiary/aromatic N) is 1. The van der Waals surface area contributed by atoms with Crippen molar-refractivity contribution in [1.29, 1.82) is 0 Å². The second kappa shape index (κ2) is 4.41. The Morgan fingerprint density at radius 2 is 2.50 bits per heavy atom. The molecule has 1 aliphatic rings. The van der Waals surface area contributed by atoms with E-state index in [0.717, 1.165) is 32.5 Å². The fraction of sp³-hybridized carbons (Fsp3) is 0.700. The van der Waals surface area contributed by atoms with Crippen LogP contribution in [0, 0.1) is 5.92 Å². The number of rotatable bonds is 3. The summed E-state index contributed by atoms with van der Waals surface area (Å²) in [7, 11) is 0. The van der Waals surface area contributed by atoms with Crippen molar-refractivity contribution < 1.29 is 4.79 Å². The van der Waals surface area contributed by atoms with Crippen molar-refractivity contribution in [3.8, 4) is 0 Å². The Hall–Kier alpha value is -0.630. The van der Waals surface area contributed by atoms with Gasteiger partial charge in [-0.25, -0.2) is 0 Å². The second-order valence-corrected chi connectivity index (χ2v) is 3.37. The molecule has 0 amide bonds. The maximum Gasteiger partial charge on any atom is 0.138 e. The van der Waals surface area contributed by atoms with Gasteiger partial charge in [0.15, 0.2) is 0 Å². The van der Waals surface area contributed by atoms with Gasteiger partial charge in [-0.2, -0.15) is 0 Å². The van der Waals surface area contributed by atoms with Crippen molar-refractivity contribution in [2.24, 2.45) is 5.92 Å². The van der Waals surface area contributed by atoms with E-state index in [-0.39, 0.29) is 5.92 Å². The topological polar surface area (TPSA) is 20.3 Å². The average Bonchev–Trinajstić information content (AvgIpc) is 2.09. The molecule has 1 saturated heterocycles. The molecule has 68 valence electrons. The third kappa shape index (κ3) is 2.18. The smallest absolute Gasteiger partial charge is 0.138 e. The first-order valence-electron chi connectivity index (χ1n) is 4.64. The molecular weight excluding hydrogens is 150 g/mol. The van der Waals surface area contributed by atoms with Crippen LogP contribution >= 0.6 is 0 Å². The van der Waals surface area contributed by atoms with Gasteiger partial charge in [0.05, 0.1) is 0 Å². The Morgan fingerprint density at radius 1 is 1.75 bits per heavy atom. The van der Waals surface area contributed by atoms with Crippen LogP contribution in [0.1, 0.15) is 19.8 Å². The molecule has 1 heterocycles. The zero-order valence-electron chi connectivity index (χ0n) is 7.75. The lowest BCUT2D eigenvalue weighted by Crippen LogP contribution is -2.40. The molecule has 0 saturated carbocycles. The third-order valence-electron chi connectivity index (χ3n) is 2.49. The van der Waals surface area contributed by atoms with Crippen molar-refractivity contribution >= 4 is 5.78 Å². The molecule has 0 spiro atoms. The molecule has 0 aromatic heterocycles. The van der Waals surface area contributed by atoms with Crippen LogP contribution in [0.3, 0.4) is 0 Å².